The molecule has 0 unspecified atom stereocenters. The van der Waals surface area contributed by atoms with Crippen molar-refractivity contribution in [1.82, 2.24) is 10.2 Å². The molecule has 7 nitrogen and oxygen atoms in total. The van der Waals surface area contributed by atoms with Crippen LogP contribution in [0.2, 0.25) is 0 Å². The average molecular weight is 535 g/mol. The van der Waals surface area contributed by atoms with Gasteiger partial charge in [-0.15, -0.1) is 11.8 Å². The van der Waals surface area contributed by atoms with Crippen molar-refractivity contribution in [1.29, 1.82) is 0 Å². The van der Waals surface area contributed by atoms with Crippen LogP contribution in [0.5, 0.6) is 5.75 Å². The van der Waals surface area contributed by atoms with Crippen LogP contribution in [0.1, 0.15) is 24.2 Å². The molecular weight excluding hydrogens is 507 g/mol. The molecule has 0 aliphatic carbocycles. The lowest BCUT2D eigenvalue weighted by Gasteiger charge is -2.55. The number of carbonyl (C=O) groups excluding carboxylic acids is 3. The van der Waals surface area contributed by atoms with Crippen molar-refractivity contribution < 1.29 is 28.2 Å². The first-order valence-electron chi connectivity index (χ1n) is 12.3. The molecule has 2 heterocycles. The minimum atomic E-state index is -2.02. The van der Waals surface area contributed by atoms with Gasteiger partial charge in [0.25, 0.3) is 5.91 Å². The highest BCUT2D eigenvalue weighted by Gasteiger charge is 2.62. The molecular formula is C29H27FN2O5S. The van der Waals surface area contributed by atoms with Crippen LogP contribution in [0.3, 0.4) is 0 Å². The molecule has 2 saturated heterocycles. The number of benzene rings is 3. The first kappa shape index (κ1) is 25.8. The molecule has 4 atom stereocenters. The first-order chi connectivity index (χ1) is 18.3. The number of alkyl halides is 1. The van der Waals surface area contributed by atoms with Gasteiger partial charge in [0, 0.05) is 5.75 Å². The standard InChI is InChI=1S/C29H27FN2O5S/c1-29(30)18-38-27-23(31-22(33)17-36-21-15-9-4-10-16-21)26(34)32(27)25(29)28(35)37-24(19-11-5-2-6-12-19)20-13-7-3-8-14-20/h2-16,23-25,27H,17-18H2,1H3,(H,31,33)/t23-,25+,27-,29-/m1/s1. The summed E-state index contributed by atoms with van der Waals surface area (Å²) in [5.74, 6) is -1.34. The summed E-state index contributed by atoms with van der Waals surface area (Å²) in [6.07, 6.45) is -0.768. The fraction of sp³-hybridized carbons (Fsp3) is 0.276. The van der Waals surface area contributed by atoms with Gasteiger partial charge in [-0.25, -0.2) is 9.18 Å². The lowest BCUT2D eigenvalue weighted by atomic mass is 9.92. The normalized spacial score (nSPS) is 24.2. The molecule has 5 rings (SSSR count). The minimum absolute atomic E-state index is 0.0323. The fourth-order valence-electron chi connectivity index (χ4n) is 4.69. The van der Waals surface area contributed by atoms with Gasteiger partial charge in [-0.3, -0.25) is 9.59 Å². The van der Waals surface area contributed by atoms with Gasteiger partial charge in [0.15, 0.2) is 18.8 Å². The molecule has 0 spiro atoms. The topological polar surface area (TPSA) is 84.9 Å². The molecule has 1 N–H and O–H groups in total. The highest BCUT2D eigenvalue weighted by molar-refractivity contribution is 8.00. The number of ether oxygens (including phenoxy) is 2. The lowest BCUT2D eigenvalue weighted by molar-refractivity contribution is -0.175. The summed E-state index contributed by atoms with van der Waals surface area (Å²) in [6, 6.07) is 24.9. The Labute approximate surface area is 224 Å². The van der Waals surface area contributed by atoms with Crippen LogP contribution >= 0.6 is 11.8 Å². The van der Waals surface area contributed by atoms with E-state index in [-0.39, 0.29) is 12.4 Å². The Bertz CT molecular complexity index is 1250. The number of thioether (sulfide) groups is 1. The number of fused-ring (bicyclic) bond motifs is 1. The predicted molar refractivity (Wildman–Crippen MR) is 141 cm³/mol. The van der Waals surface area contributed by atoms with Gasteiger partial charge in [0.1, 0.15) is 22.8 Å². The van der Waals surface area contributed by atoms with E-state index in [0.29, 0.717) is 5.75 Å². The third-order valence-corrected chi connectivity index (χ3v) is 8.13. The highest BCUT2D eigenvalue weighted by atomic mass is 32.2. The lowest BCUT2D eigenvalue weighted by Crippen LogP contribution is -2.78. The molecule has 2 fully saturated rings. The maximum Gasteiger partial charge on any atom is 0.333 e. The minimum Gasteiger partial charge on any atom is -0.484 e. The number of rotatable bonds is 8. The third kappa shape index (κ3) is 5.24. The van der Waals surface area contributed by atoms with Crippen LogP contribution in [0.4, 0.5) is 4.39 Å². The van der Waals surface area contributed by atoms with E-state index in [1.165, 1.54) is 23.6 Å². The van der Waals surface area contributed by atoms with E-state index in [1.807, 2.05) is 66.7 Å². The van der Waals surface area contributed by atoms with E-state index in [4.69, 9.17) is 9.47 Å². The maximum absolute atomic E-state index is 15.7. The predicted octanol–water partition coefficient (Wildman–Crippen LogP) is 3.89. The SMILES string of the molecule is C[C@@]1(F)CS[C@@H]2[C@H](NC(=O)COc3ccccc3)C(=O)N2[C@H]1C(=O)OC(c1ccccc1)c1ccccc1. The second-order valence-electron chi connectivity index (χ2n) is 9.41. The number of hydrogen-bond acceptors (Lipinski definition) is 6. The number of nitrogens with one attached hydrogen (secondary N) is 1. The van der Waals surface area contributed by atoms with Crippen molar-refractivity contribution in [3.8, 4) is 5.75 Å². The van der Waals surface area contributed by atoms with Gasteiger partial charge >= 0.3 is 5.97 Å². The Hall–Kier alpha value is -3.85. The zero-order valence-corrected chi connectivity index (χ0v) is 21.5. The monoisotopic (exact) mass is 534 g/mol. The summed E-state index contributed by atoms with van der Waals surface area (Å²) in [5.41, 5.74) is -0.558. The third-order valence-electron chi connectivity index (χ3n) is 6.56. The van der Waals surface area contributed by atoms with Gasteiger partial charge in [-0.1, -0.05) is 78.9 Å². The zero-order chi connectivity index (χ0) is 26.7. The molecule has 2 aliphatic rings. The van der Waals surface area contributed by atoms with Crippen molar-refractivity contribution in [2.75, 3.05) is 12.4 Å². The van der Waals surface area contributed by atoms with E-state index in [0.717, 1.165) is 11.1 Å². The number of hydrogen-bond donors (Lipinski definition) is 1. The molecule has 196 valence electrons. The van der Waals surface area contributed by atoms with Gasteiger partial charge in [0.05, 0.1) is 0 Å². The second kappa shape index (κ2) is 10.9. The van der Waals surface area contributed by atoms with E-state index < -0.39 is 47.0 Å². The Morgan fingerprint density at radius 2 is 1.55 bits per heavy atom. The molecule has 0 radical (unpaired) electrons. The number of β-lactam (4-membered cyclic amide) rings is 1. The van der Waals surface area contributed by atoms with Gasteiger partial charge in [-0.2, -0.15) is 0 Å². The summed E-state index contributed by atoms with van der Waals surface area (Å²) >= 11 is 1.19. The van der Waals surface area contributed by atoms with Crippen LogP contribution in [0.25, 0.3) is 0 Å². The number of carbonyl (C=O) groups is 3. The van der Waals surface area contributed by atoms with Crippen molar-refractivity contribution in [2.24, 2.45) is 0 Å². The van der Waals surface area contributed by atoms with Gasteiger partial charge in [0.2, 0.25) is 5.91 Å². The Morgan fingerprint density at radius 3 is 2.13 bits per heavy atom. The highest BCUT2D eigenvalue weighted by Crippen LogP contribution is 2.45. The van der Waals surface area contributed by atoms with Gasteiger partial charge < -0.3 is 19.7 Å². The van der Waals surface area contributed by atoms with Crippen LogP contribution in [0.15, 0.2) is 91.0 Å². The summed E-state index contributed by atoms with van der Waals surface area (Å²) in [6.45, 7) is 1.03. The van der Waals surface area contributed by atoms with E-state index >= 15 is 4.39 Å². The van der Waals surface area contributed by atoms with Crippen LogP contribution in [-0.4, -0.2) is 58.2 Å². The molecule has 2 amide bonds. The average Bonchev–Trinajstić information content (AvgIpc) is 2.94. The largest absolute Gasteiger partial charge is 0.484 e. The number of nitrogens with zero attached hydrogens (tertiary/aromatic N) is 1. The maximum atomic E-state index is 15.7. The summed E-state index contributed by atoms with van der Waals surface area (Å²) in [4.78, 5) is 40.3. The summed E-state index contributed by atoms with van der Waals surface area (Å²) in [7, 11) is 0. The molecule has 3 aromatic carbocycles. The Balaban J connectivity index is 1.30. The number of esters is 1. The van der Waals surface area contributed by atoms with Crippen molar-refractivity contribution >= 4 is 29.5 Å². The second-order valence-corrected chi connectivity index (χ2v) is 10.5. The van der Waals surface area contributed by atoms with E-state index in [1.54, 1.807) is 24.3 Å². The Kier molecular flexibility index (Phi) is 7.37. The van der Waals surface area contributed by atoms with E-state index in [9.17, 15) is 14.4 Å². The molecule has 38 heavy (non-hydrogen) atoms. The molecule has 0 aromatic heterocycles. The molecule has 0 bridgehead atoms. The number of amides is 2. The number of halogens is 1. The van der Waals surface area contributed by atoms with Crippen molar-refractivity contribution in [3.63, 3.8) is 0 Å². The van der Waals surface area contributed by atoms with Crippen molar-refractivity contribution in [2.45, 2.75) is 36.2 Å². The van der Waals surface area contributed by atoms with Crippen LogP contribution in [-0.2, 0) is 19.1 Å². The smallest absolute Gasteiger partial charge is 0.333 e. The molecule has 3 aromatic rings. The quantitative estimate of drug-likeness (QED) is 0.349. The van der Waals surface area contributed by atoms with E-state index in [2.05, 4.69) is 5.32 Å². The van der Waals surface area contributed by atoms with Crippen LogP contribution < -0.4 is 10.1 Å². The zero-order valence-electron chi connectivity index (χ0n) is 20.7. The van der Waals surface area contributed by atoms with Crippen molar-refractivity contribution in [3.05, 3.63) is 102 Å². The summed E-state index contributed by atoms with van der Waals surface area (Å²) in [5, 5.41) is 2.08. The molecule has 9 heteroatoms. The molecule has 0 saturated carbocycles. The van der Waals surface area contributed by atoms with Gasteiger partial charge in [-0.05, 0) is 30.2 Å². The van der Waals surface area contributed by atoms with Crippen LogP contribution in [0, 0.1) is 0 Å². The fourth-order valence-corrected chi connectivity index (χ4v) is 6.11. The summed E-state index contributed by atoms with van der Waals surface area (Å²) < 4.78 is 27.1. The number of para-hydroxylation sites is 1. The first-order valence-corrected chi connectivity index (χ1v) is 13.3. The molecule has 2 aliphatic heterocycles. The Morgan fingerprint density at radius 1 is 1.00 bits per heavy atom.